The second-order valence-corrected chi connectivity index (χ2v) is 3.92. The molecule has 1 rings (SSSR count). The van der Waals surface area contributed by atoms with Crippen LogP contribution in [0.5, 0.6) is 5.75 Å². The molecule has 0 aromatic heterocycles. The van der Waals surface area contributed by atoms with E-state index in [1.54, 1.807) is 6.07 Å². The van der Waals surface area contributed by atoms with Crippen molar-refractivity contribution < 1.29 is 14.7 Å². The van der Waals surface area contributed by atoms with E-state index in [0.29, 0.717) is 24.3 Å². The molecule has 0 aliphatic rings. The summed E-state index contributed by atoms with van der Waals surface area (Å²) in [4.78, 5) is 22.0. The molecule has 6 heteroatoms. The van der Waals surface area contributed by atoms with Crippen LogP contribution >= 0.6 is 0 Å². The number of amides is 2. The standard InChI is InChI=1S/C13H17N3O3/c1-9(17)15-6-7-16-13(19)5-2-10-8-11(18)3-4-12(10)14/h2-5,8,18H,6-7,14H2,1H3,(H,15,17)(H,16,19). The molecule has 2 amide bonds. The number of hydrogen-bond donors (Lipinski definition) is 4. The number of nitrogens with two attached hydrogens (primary N) is 1. The van der Waals surface area contributed by atoms with E-state index in [2.05, 4.69) is 10.6 Å². The Labute approximate surface area is 111 Å². The monoisotopic (exact) mass is 263 g/mol. The zero-order chi connectivity index (χ0) is 14.3. The molecule has 5 N–H and O–H groups in total. The van der Waals surface area contributed by atoms with Gasteiger partial charge in [0.25, 0.3) is 0 Å². The minimum absolute atomic E-state index is 0.0833. The Morgan fingerprint density at radius 2 is 2.00 bits per heavy atom. The summed E-state index contributed by atoms with van der Waals surface area (Å²) in [5.74, 6) is -0.356. The first-order chi connectivity index (χ1) is 8.99. The van der Waals surface area contributed by atoms with Gasteiger partial charge < -0.3 is 21.5 Å². The molecule has 6 nitrogen and oxygen atoms in total. The maximum Gasteiger partial charge on any atom is 0.244 e. The van der Waals surface area contributed by atoms with Crippen molar-refractivity contribution in [3.05, 3.63) is 29.8 Å². The van der Waals surface area contributed by atoms with Gasteiger partial charge >= 0.3 is 0 Å². The third-order valence-electron chi connectivity index (χ3n) is 2.28. The summed E-state index contributed by atoms with van der Waals surface area (Å²) < 4.78 is 0. The molecule has 0 bridgehead atoms. The summed E-state index contributed by atoms with van der Waals surface area (Å²) in [5, 5.41) is 14.5. The van der Waals surface area contributed by atoms with Crippen molar-refractivity contribution in [2.45, 2.75) is 6.92 Å². The Bertz CT molecular complexity index is 498. The van der Waals surface area contributed by atoms with E-state index < -0.39 is 0 Å². The summed E-state index contributed by atoms with van der Waals surface area (Å²) in [6, 6.07) is 4.50. The number of anilines is 1. The maximum absolute atomic E-state index is 11.4. The second-order valence-electron chi connectivity index (χ2n) is 3.92. The number of benzene rings is 1. The van der Waals surface area contributed by atoms with E-state index >= 15 is 0 Å². The molecule has 1 aromatic carbocycles. The van der Waals surface area contributed by atoms with Gasteiger partial charge in [0.2, 0.25) is 11.8 Å². The van der Waals surface area contributed by atoms with Crippen molar-refractivity contribution >= 4 is 23.6 Å². The first kappa shape index (κ1) is 14.6. The maximum atomic E-state index is 11.4. The highest BCUT2D eigenvalue weighted by Crippen LogP contribution is 2.19. The molecule has 0 fully saturated rings. The molecule has 0 aliphatic carbocycles. The molecule has 1 aromatic rings. The molecule has 0 saturated carbocycles. The van der Waals surface area contributed by atoms with E-state index in [9.17, 15) is 14.7 Å². The zero-order valence-corrected chi connectivity index (χ0v) is 10.6. The first-order valence-electron chi connectivity index (χ1n) is 5.78. The van der Waals surface area contributed by atoms with Crippen LogP contribution in [0.1, 0.15) is 12.5 Å². The number of aromatic hydroxyl groups is 1. The molecule has 0 saturated heterocycles. The number of phenols is 1. The van der Waals surface area contributed by atoms with Crippen LogP contribution in [0.2, 0.25) is 0 Å². The number of nitrogens with one attached hydrogen (secondary N) is 2. The van der Waals surface area contributed by atoms with Crippen LogP contribution < -0.4 is 16.4 Å². The van der Waals surface area contributed by atoms with Gasteiger partial charge in [-0.05, 0) is 24.3 Å². The van der Waals surface area contributed by atoms with Crippen LogP contribution in [-0.4, -0.2) is 30.0 Å². The molecule has 102 valence electrons. The fourth-order valence-electron chi connectivity index (χ4n) is 1.36. The van der Waals surface area contributed by atoms with Crippen molar-refractivity contribution in [3.63, 3.8) is 0 Å². The predicted molar refractivity (Wildman–Crippen MR) is 73.2 cm³/mol. The third kappa shape index (κ3) is 5.58. The van der Waals surface area contributed by atoms with E-state index in [0.717, 1.165) is 0 Å². The molecule has 0 unspecified atom stereocenters. The van der Waals surface area contributed by atoms with Gasteiger partial charge in [0.05, 0.1) is 0 Å². The van der Waals surface area contributed by atoms with Gasteiger partial charge in [0.15, 0.2) is 0 Å². The van der Waals surface area contributed by atoms with Gasteiger partial charge in [-0.2, -0.15) is 0 Å². The molecule has 19 heavy (non-hydrogen) atoms. The van der Waals surface area contributed by atoms with Gasteiger partial charge in [-0.15, -0.1) is 0 Å². The zero-order valence-electron chi connectivity index (χ0n) is 10.6. The van der Waals surface area contributed by atoms with Crippen molar-refractivity contribution in [1.82, 2.24) is 10.6 Å². The Kier molecular flexibility index (Phi) is 5.40. The van der Waals surface area contributed by atoms with Gasteiger partial charge in [0, 0.05) is 37.3 Å². The predicted octanol–water partition coefficient (Wildman–Crippen LogP) is 0.240. The molecule has 0 atom stereocenters. The topological polar surface area (TPSA) is 104 Å². The average molecular weight is 263 g/mol. The van der Waals surface area contributed by atoms with Crippen molar-refractivity contribution in [3.8, 4) is 5.75 Å². The van der Waals surface area contributed by atoms with Crippen molar-refractivity contribution in [1.29, 1.82) is 0 Å². The summed E-state index contributed by atoms with van der Waals surface area (Å²) in [5.41, 5.74) is 6.73. The SMILES string of the molecule is CC(=O)NCCNC(=O)C=Cc1cc(O)ccc1N. The number of nitrogen functional groups attached to an aromatic ring is 1. The minimum atomic E-state index is -0.298. The molecular formula is C13H17N3O3. The summed E-state index contributed by atoms with van der Waals surface area (Å²) in [6.45, 7) is 2.13. The second kappa shape index (κ2) is 7.05. The fourth-order valence-corrected chi connectivity index (χ4v) is 1.36. The van der Waals surface area contributed by atoms with Crippen LogP contribution in [0.15, 0.2) is 24.3 Å². The highest BCUT2D eigenvalue weighted by molar-refractivity contribution is 5.92. The number of carbonyl (C=O) groups is 2. The third-order valence-corrected chi connectivity index (χ3v) is 2.28. The Balaban J connectivity index is 2.45. The lowest BCUT2D eigenvalue weighted by molar-refractivity contribution is -0.119. The van der Waals surface area contributed by atoms with Crippen LogP contribution in [-0.2, 0) is 9.59 Å². The van der Waals surface area contributed by atoms with Gasteiger partial charge in [-0.25, -0.2) is 0 Å². The molecule has 0 heterocycles. The molecular weight excluding hydrogens is 246 g/mol. The molecule has 0 aliphatic heterocycles. The van der Waals surface area contributed by atoms with Crippen molar-refractivity contribution in [2.24, 2.45) is 0 Å². The number of rotatable bonds is 5. The summed E-state index contributed by atoms with van der Waals surface area (Å²) in [7, 11) is 0. The quantitative estimate of drug-likeness (QED) is 0.264. The van der Waals surface area contributed by atoms with Crippen LogP contribution in [0.4, 0.5) is 5.69 Å². The highest BCUT2D eigenvalue weighted by Gasteiger charge is 1.99. The van der Waals surface area contributed by atoms with Crippen LogP contribution in [0, 0.1) is 0 Å². The van der Waals surface area contributed by atoms with Crippen molar-refractivity contribution in [2.75, 3.05) is 18.8 Å². The Morgan fingerprint density at radius 3 is 2.68 bits per heavy atom. The fraction of sp³-hybridized carbons (Fsp3) is 0.231. The first-order valence-corrected chi connectivity index (χ1v) is 5.78. The average Bonchev–Trinajstić information content (AvgIpc) is 2.35. The minimum Gasteiger partial charge on any atom is -0.508 e. The van der Waals surface area contributed by atoms with Gasteiger partial charge in [-0.3, -0.25) is 9.59 Å². The van der Waals surface area contributed by atoms with Gasteiger partial charge in [0.1, 0.15) is 5.75 Å². The van der Waals surface area contributed by atoms with E-state index in [1.807, 2.05) is 0 Å². The molecule has 0 radical (unpaired) electrons. The normalized spacial score (nSPS) is 10.4. The lowest BCUT2D eigenvalue weighted by Crippen LogP contribution is -2.32. The number of hydrogen-bond acceptors (Lipinski definition) is 4. The summed E-state index contributed by atoms with van der Waals surface area (Å²) >= 11 is 0. The lowest BCUT2D eigenvalue weighted by Gasteiger charge is -2.03. The van der Waals surface area contributed by atoms with E-state index in [-0.39, 0.29) is 17.6 Å². The lowest BCUT2D eigenvalue weighted by atomic mass is 10.1. The van der Waals surface area contributed by atoms with Crippen LogP contribution in [0.25, 0.3) is 6.08 Å². The largest absolute Gasteiger partial charge is 0.508 e. The number of phenolic OH excluding ortho intramolecular Hbond substituents is 1. The van der Waals surface area contributed by atoms with E-state index in [1.165, 1.54) is 31.2 Å². The Hall–Kier alpha value is -2.50. The highest BCUT2D eigenvalue weighted by atomic mass is 16.3. The van der Waals surface area contributed by atoms with E-state index in [4.69, 9.17) is 5.73 Å². The Morgan fingerprint density at radius 1 is 1.32 bits per heavy atom. The smallest absolute Gasteiger partial charge is 0.244 e. The number of carbonyl (C=O) groups excluding carboxylic acids is 2. The van der Waals surface area contributed by atoms with Gasteiger partial charge in [-0.1, -0.05) is 0 Å². The molecule has 0 spiro atoms. The summed E-state index contributed by atoms with van der Waals surface area (Å²) in [6.07, 6.45) is 2.84. The van der Waals surface area contributed by atoms with Crippen LogP contribution in [0.3, 0.4) is 0 Å².